The lowest BCUT2D eigenvalue weighted by Gasteiger charge is -1.95. The fourth-order valence-electron chi connectivity index (χ4n) is 0.625. The first-order chi connectivity index (χ1) is 4.74. The van der Waals surface area contributed by atoms with Gasteiger partial charge in [-0.1, -0.05) is 12.7 Å². The zero-order chi connectivity index (χ0) is 7.56. The van der Waals surface area contributed by atoms with Crippen LogP contribution < -0.4 is 5.73 Å². The molecule has 0 atom stereocenters. The van der Waals surface area contributed by atoms with E-state index in [-0.39, 0.29) is 0 Å². The van der Waals surface area contributed by atoms with E-state index in [0.717, 1.165) is 0 Å². The molecule has 1 aromatic heterocycles. The number of rotatable bonds is 1. The maximum Gasteiger partial charge on any atom is 0.220 e. The summed E-state index contributed by atoms with van der Waals surface area (Å²) in [6.07, 6.45) is 2.64. The Labute approximate surface area is 58.2 Å². The first-order valence-corrected chi connectivity index (χ1v) is 2.77. The van der Waals surface area contributed by atoms with Gasteiger partial charge in [-0.2, -0.15) is 4.39 Å². The quantitative estimate of drug-likeness (QED) is 0.596. The predicted molar refractivity (Wildman–Crippen MR) is 38.7 cm³/mol. The van der Waals surface area contributed by atoms with Crippen LogP contribution in [-0.2, 0) is 0 Å². The van der Waals surface area contributed by atoms with Gasteiger partial charge in [0.15, 0.2) is 0 Å². The molecule has 0 aliphatic rings. The first kappa shape index (κ1) is 6.74. The highest BCUT2D eigenvalue weighted by atomic mass is 19.1. The summed E-state index contributed by atoms with van der Waals surface area (Å²) in [6.45, 7) is 3.40. The van der Waals surface area contributed by atoms with Crippen LogP contribution in [0.3, 0.4) is 0 Å². The van der Waals surface area contributed by atoms with Gasteiger partial charge < -0.3 is 5.73 Å². The Balaban J connectivity index is 3.21. The number of anilines is 1. The summed E-state index contributed by atoms with van der Waals surface area (Å²) in [5.74, 6) is -0.538. The summed E-state index contributed by atoms with van der Waals surface area (Å²) in [5.41, 5.74) is 6.10. The van der Waals surface area contributed by atoms with Crippen molar-refractivity contribution in [1.82, 2.24) is 4.98 Å². The van der Waals surface area contributed by atoms with Crippen LogP contribution in [0.4, 0.5) is 10.1 Å². The van der Waals surface area contributed by atoms with Crippen LogP contribution in [0.5, 0.6) is 0 Å². The molecule has 1 rings (SSSR count). The Hall–Kier alpha value is -1.38. The molecule has 3 heteroatoms. The number of hydrogen-bond acceptors (Lipinski definition) is 2. The molecule has 1 heterocycles. The molecule has 0 amide bonds. The second-order valence-electron chi connectivity index (χ2n) is 1.85. The zero-order valence-corrected chi connectivity index (χ0v) is 5.34. The molecule has 0 bridgehead atoms. The van der Waals surface area contributed by atoms with Gasteiger partial charge in [-0.15, -0.1) is 0 Å². The second-order valence-corrected chi connectivity index (χ2v) is 1.85. The molecule has 0 saturated carbocycles. The van der Waals surface area contributed by atoms with Gasteiger partial charge in [0.05, 0.1) is 11.9 Å². The zero-order valence-electron chi connectivity index (χ0n) is 5.34. The van der Waals surface area contributed by atoms with Crippen molar-refractivity contribution >= 4 is 11.8 Å². The van der Waals surface area contributed by atoms with Crippen molar-refractivity contribution < 1.29 is 4.39 Å². The Kier molecular flexibility index (Phi) is 1.67. The normalized spacial score (nSPS) is 9.30. The predicted octanol–water partition coefficient (Wildman–Crippen LogP) is 1.45. The Morgan fingerprint density at radius 2 is 2.40 bits per heavy atom. The van der Waals surface area contributed by atoms with Gasteiger partial charge in [0.2, 0.25) is 5.95 Å². The molecule has 0 radical (unpaired) electrons. The molecule has 0 saturated heterocycles. The highest BCUT2D eigenvalue weighted by Crippen LogP contribution is 2.08. The summed E-state index contributed by atoms with van der Waals surface area (Å²) >= 11 is 0. The van der Waals surface area contributed by atoms with Crippen LogP contribution >= 0.6 is 0 Å². The highest BCUT2D eigenvalue weighted by Gasteiger charge is 1.97. The van der Waals surface area contributed by atoms with Gasteiger partial charge in [0, 0.05) is 5.56 Å². The van der Waals surface area contributed by atoms with Crippen molar-refractivity contribution in [1.29, 1.82) is 0 Å². The second kappa shape index (κ2) is 2.47. The average molecular weight is 138 g/mol. The summed E-state index contributed by atoms with van der Waals surface area (Å²) in [7, 11) is 0. The van der Waals surface area contributed by atoms with Gasteiger partial charge >= 0.3 is 0 Å². The van der Waals surface area contributed by atoms with Crippen molar-refractivity contribution in [2.45, 2.75) is 0 Å². The van der Waals surface area contributed by atoms with Crippen molar-refractivity contribution in [3.8, 4) is 0 Å². The van der Waals surface area contributed by atoms with E-state index in [0.29, 0.717) is 11.3 Å². The minimum Gasteiger partial charge on any atom is -0.397 e. The fraction of sp³-hybridized carbons (Fsp3) is 0. The summed E-state index contributed by atoms with van der Waals surface area (Å²) in [4.78, 5) is 3.39. The smallest absolute Gasteiger partial charge is 0.220 e. The summed E-state index contributed by atoms with van der Waals surface area (Å²) < 4.78 is 12.5. The lowest BCUT2D eigenvalue weighted by atomic mass is 10.2. The van der Waals surface area contributed by atoms with E-state index in [2.05, 4.69) is 11.6 Å². The topological polar surface area (TPSA) is 38.9 Å². The van der Waals surface area contributed by atoms with E-state index in [1.54, 1.807) is 0 Å². The van der Waals surface area contributed by atoms with E-state index in [1.165, 1.54) is 18.3 Å². The lowest BCUT2D eigenvalue weighted by molar-refractivity contribution is 0.581. The van der Waals surface area contributed by atoms with Gasteiger partial charge in [0.1, 0.15) is 0 Å². The van der Waals surface area contributed by atoms with E-state index >= 15 is 0 Å². The van der Waals surface area contributed by atoms with Crippen molar-refractivity contribution in [2.75, 3.05) is 5.73 Å². The number of aromatic nitrogens is 1. The third-order valence-electron chi connectivity index (χ3n) is 1.11. The van der Waals surface area contributed by atoms with Crippen molar-refractivity contribution in [2.24, 2.45) is 0 Å². The van der Waals surface area contributed by atoms with Crippen LogP contribution in [0.1, 0.15) is 5.56 Å². The maximum atomic E-state index is 12.5. The largest absolute Gasteiger partial charge is 0.397 e. The molecule has 10 heavy (non-hydrogen) atoms. The number of nitrogen functional groups attached to an aromatic ring is 1. The SMILES string of the molecule is C=Cc1cc(N)cnc1F. The molecule has 2 N–H and O–H groups in total. The molecule has 0 fully saturated rings. The van der Waals surface area contributed by atoms with Crippen LogP contribution in [0.2, 0.25) is 0 Å². The van der Waals surface area contributed by atoms with Crippen LogP contribution in [0.25, 0.3) is 6.08 Å². The summed E-state index contributed by atoms with van der Waals surface area (Å²) in [5, 5.41) is 0. The standard InChI is InChI=1S/C7H7FN2/c1-2-5-3-6(9)4-10-7(5)8/h2-4H,1,9H2. The first-order valence-electron chi connectivity index (χ1n) is 2.77. The molecule has 0 aliphatic heterocycles. The molecular weight excluding hydrogens is 131 g/mol. The highest BCUT2D eigenvalue weighted by molar-refractivity contribution is 5.52. The van der Waals surface area contributed by atoms with E-state index in [9.17, 15) is 4.39 Å². The third kappa shape index (κ3) is 1.13. The number of halogens is 1. The van der Waals surface area contributed by atoms with Gasteiger partial charge in [0.25, 0.3) is 0 Å². The monoisotopic (exact) mass is 138 g/mol. The molecule has 52 valence electrons. The Morgan fingerprint density at radius 3 is 2.90 bits per heavy atom. The fourth-order valence-corrected chi connectivity index (χ4v) is 0.625. The molecule has 0 aliphatic carbocycles. The molecule has 2 nitrogen and oxygen atoms in total. The molecule has 0 aromatic carbocycles. The molecule has 0 unspecified atom stereocenters. The average Bonchev–Trinajstić information content (AvgIpc) is 1.94. The number of pyridine rings is 1. The van der Waals surface area contributed by atoms with Crippen molar-refractivity contribution in [3.05, 3.63) is 30.4 Å². The van der Waals surface area contributed by atoms with Gasteiger partial charge in [-0.05, 0) is 6.07 Å². The van der Waals surface area contributed by atoms with Crippen LogP contribution in [0, 0.1) is 5.95 Å². The minimum atomic E-state index is -0.538. The summed E-state index contributed by atoms with van der Waals surface area (Å²) in [6, 6.07) is 1.48. The Bertz CT molecular complexity index is 258. The third-order valence-corrected chi connectivity index (χ3v) is 1.11. The number of nitrogens with two attached hydrogens (primary N) is 1. The van der Waals surface area contributed by atoms with Gasteiger partial charge in [-0.25, -0.2) is 4.98 Å². The van der Waals surface area contributed by atoms with E-state index in [1.807, 2.05) is 0 Å². The molecular formula is C7H7FN2. The van der Waals surface area contributed by atoms with Crippen molar-refractivity contribution in [3.63, 3.8) is 0 Å². The maximum absolute atomic E-state index is 12.5. The molecule has 1 aromatic rings. The van der Waals surface area contributed by atoms with E-state index < -0.39 is 5.95 Å². The van der Waals surface area contributed by atoms with Crippen LogP contribution in [-0.4, -0.2) is 4.98 Å². The lowest BCUT2D eigenvalue weighted by Crippen LogP contribution is -1.91. The van der Waals surface area contributed by atoms with E-state index in [4.69, 9.17) is 5.73 Å². The van der Waals surface area contributed by atoms with Gasteiger partial charge in [-0.3, -0.25) is 0 Å². The number of nitrogens with zero attached hydrogens (tertiary/aromatic N) is 1. The number of hydrogen-bond donors (Lipinski definition) is 1. The van der Waals surface area contributed by atoms with Crippen LogP contribution in [0.15, 0.2) is 18.8 Å². The minimum absolute atomic E-state index is 0.333. The molecule has 0 spiro atoms. The Morgan fingerprint density at radius 1 is 1.70 bits per heavy atom.